The van der Waals surface area contributed by atoms with Crippen molar-refractivity contribution in [3.05, 3.63) is 23.6 Å². The van der Waals surface area contributed by atoms with Gasteiger partial charge < -0.3 is 29.8 Å². The summed E-state index contributed by atoms with van der Waals surface area (Å²) in [6, 6.07) is 0. The summed E-state index contributed by atoms with van der Waals surface area (Å²) >= 11 is 6.30. The van der Waals surface area contributed by atoms with Gasteiger partial charge in [0.15, 0.2) is 0 Å². The van der Waals surface area contributed by atoms with Crippen molar-refractivity contribution in [1.29, 1.82) is 0 Å². The molecule has 1 amide bonds. The van der Waals surface area contributed by atoms with E-state index in [1.54, 1.807) is 23.5 Å². The first kappa shape index (κ1) is 23.6. The van der Waals surface area contributed by atoms with Gasteiger partial charge in [-0.3, -0.25) is 5.10 Å². The van der Waals surface area contributed by atoms with Crippen molar-refractivity contribution in [2.24, 2.45) is 5.92 Å². The molecule has 12 heteroatoms. The number of ether oxygens (including phenoxy) is 2. The fraction of sp³-hybridized carbons (Fsp3) is 0.500. The van der Waals surface area contributed by atoms with Crippen molar-refractivity contribution in [3.63, 3.8) is 0 Å². The number of amides is 1. The zero-order chi connectivity index (χ0) is 23.3. The third-order valence-electron chi connectivity index (χ3n) is 4.60. The fourth-order valence-electron chi connectivity index (χ4n) is 3.23. The third kappa shape index (κ3) is 5.80. The van der Waals surface area contributed by atoms with Gasteiger partial charge in [0.2, 0.25) is 11.8 Å². The Morgan fingerprint density at radius 1 is 1.34 bits per heavy atom. The summed E-state index contributed by atoms with van der Waals surface area (Å²) in [7, 11) is 1.00. The molecular formula is C20H28ClN7O4. The minimum atomic E-state index is -0.512. The number of aliphatic hydroxyl groups excluding tert-OH is 1. The zero-order valence-electron chi connectivity index (χ0n) is 18.5. The van der Waals surface area contributed by atoms with E-state index in [2.05, 4.69) is 30.5 Å². The van der Waals surface area contributed by atoms with Crippen LogP contribution in [0, 0.1) is 5.92 Å². The van der Waals surface area contributed by atoms with Crippen molar-refractivity contribution >= 4 is 40.4 Å². The van der Waals surface area contributed by atoms with Crippen LogP contribution in [0.1, 0.15) is 27.2 Å². The van der Waals surface area contributed by atoms with Gasteiger partial charge in [-0.25, -0.2) is 4.79 Å². The average molecular weight is 466 g/mol. The average Bonchev–Trinajstić information content (AvgIpc) is 3.49. The van der Waals surface area contributed by atoms with Crippen LogP contribution in [-0.4, -0.2) is 73.7 Å². The molecule has 1 unspecified atom stereocenters. The first-order chi connectivity index (χ1) is 15.3. The van der Waals surface area contributed by atoms with Gasteiger partial charge in [-0.15, -0.1) is 0 Å². The first-order valence-electron chi connectivity index (χ1n) is 10.1. The van der Waals surface area contributed by atoms with Gasteiger partial charge in [-0.05, 0) is 27.2 Å². The van der Waals surface area contributed by atoms with Gasteiger partial charge >= 0.3 is 6.09 Å². The van der Waals surface area contributed by atoms with Crippen LogP contribution in [-0.2, 0) is 4.74 Å². The Morgan fingerprint density at radius 3 is 2.81 bits per heavy atom. The van der Waals surface area contributed by atoms with Crippen molar-refractivity contribution in [2.75, 3.05) is 32.1 Å². The lowest BCUT2D eigenvalue weighted by Gasteiger charge is -2.24. The minimum absolute atomic E-state index is 0.172. The Bertz CT molecular complexity index is 1030. The van der Waals surface area contributed by atoms with Crippen LogP contribution in [0.3, 0.4) is 0 Å². The zero-order valence-corrected chi connectivity index (χ0v) is 19.2. The Hall–Kier alpha value is -3.05. The van der Waals surface area contributed by atoms with Crippen LogP contribution < -0.4 is 10.1 Å². The second-order valence-electron chi connectivity index (χ2n) is 8.22. The summed E-state index contributed by atoms with van der Waals surface area (Å²) in [6.45, 7) is 7.19. The smallest absolute Gasteiger partial charge is 0.410 e. The molecule has 0 aliphatic carbocycles. The minimum Gasteiger partial charge on any atom is -0.477 e. The number of H-pyrrole nitrogens is 2. The Kier molecular flexibility index (Phi) is 7.41. The highest BCUT2D eigenvalue weighted by Gasteiger charge is 2.30. The number of anilines is 2. The molecule has 0 bridgehead atoms. The molecular weight excluding hydrogens is 438 g/mol. The van der Waals surface area contributed by atoms with E-state index in [9.17, 15) is 4.79 Å². The molecule has 32 heavy (non-hydrogen) atoms. The van der Waals surface area contributed by atoms with Gasteiger partial charge in [0.25, 0.3) is 0 Å². The van der Waals surface area contributed by atoms with E-state index >= 15 is 0 Å². The number of hydrogen-bond acceptors (Lipinski definition) is 8. The Morgan fingerprint density at radius 2 is 2.12 bits per heavy atom. The maximum atomic E-state index is 12.3. The summed E-state index contributed by atoms with van der Waals surface area (Å²) in [4.78, 5) is 25.9. The first-order valence-corrected chi connectivity index (χ1v) is 10.5. The monoisotopic (exact) mass is 465 g/mol. The predicted octanol–water partition coefficient (Wildman–Crippen LogP) is 3.32. The van der Waals surface area contributed by atoms with E-state index in [4.69, 9.17) is 26.2 Å². The lowest BCUT2D eigenvalue weighted by atomic mass is 10.1. The molecule has 1 saturated heterocycles. The maximum Gasteiger partial charge on any atom is 0.410 e. The highest BCUT2D eigenvalue weighted by atomic mass is 35.5. The second-order valence-corrected chi connectivity index (χ2v) is 8.62. The topological polar surface area (TPSA) is 141 Å². The predicted molar refractivity (Wildman–Crippen MR) is 120 cm³/mol. The van der Waals surface area contributed by atoms with Crippen LogP contribution in [0.5, 0.6) is 5.88 Å². The summed E-state index contributed by atoms with van der Waals surface area (Å²) < 4.78 is 11.5. The number of carbonyl (C=O) groups is 1. The SMILES string of the molecule is CC(C)(C)OC(=O)N1CCC(COc2nc(Nc3cn[nH]c3)nc3[nH]cc(Cl)c23)C1.CO. The van der Waals surface area contributed by atoms with Gasteiger partial charge in [-0.2, -0.15) is 15.1 Å². The molecule has 0 saturated carbocycles. The van der Waals surface area contributed by atoms with Crippen LogP contribution in [0.25, 0.3) is 11.0 Å². The Labute approximate surface area is 190 Å². The van der Waals surface area contributed by atoms with E-state index < -0.39 is 5.60 Å². The number of aliphatic hydroxyl groups is 1. The standard InChI is InChI=1S/C19H24ClN7O3.CH4O/c1-19(2,3)30-18(28)27-5-4-11(9-27)10-29-16-14-13(20)8-21-15(14)25-17(26-16)24-12-6-22-23-7-12;1-2/h6-8,11H,4-5,9-10H2,1-3H3,(H,22,23)(H2,21,24,25,26);2H,1H3. The second kappa shape index (κ2) is 10.0. The molecule has 1 fully saturated rings. The number of nitrogens with one attached hydrogen (secondary N) is 3. The number of fused-ring (bicyclic) bond motifs is 1. The highest BCUT2D eigenvalue weighted by molar-refractivity contribution is 6.35. The van der Waals surface area contributed by atoms with Gasteiger partial charge in [-0.1, -0.05) is 11.6 Å². The summed E-state index contributed by atoms with van der Waals surface area (Å²) in [5, 5.41) is 17.8. The van der Waals surface area contributed by atoms with E-state index in [1.165, 1.54) is 0 Å². The summed E-state index contributed by atoms with van der Waals surface area (Å²) in [5.74, 6) is 0.915. The van der Waals surface area contributed by atoms with E-state index in [0.717, 1.165) is 19.2 Å². The molecule has 0 radical (unpaired) electrons. The quantitative estimate of drug-likeness (QED) is 0.449. The molecule has 4 rings (SSSR count). The molecule has 1 aliphatic rings. The van der Waals surface area contributed by atoms with Gasteiger partial charge in [0.05, 0.1) is 28.9 Å². The van der Waals surface area contributed by atoms with Gasteiger partial charge in [0.1, 0.15) is 11.2 Å². The summed E-state index contributed by atoms with van der Waals surface area (Å²) in [6.07, 6.45) is 5.50. The molecule has 4 N–H and O–H groups in total. The van der Waals surface area contributed by atoms with Crippen molar-refractivity contribution in [2.45, 2.75) is 32.8 Å². The van der Waals surface area contributed by atoms with E-state index in [0.29, 0.717) is 47.6 Å². The third-order valence-corrected chi connectivity index (χ3v) is 4.90. The molecule has 0 aromatic carbocycles. The fourth-order valence-corrected chi connectivity index (χ4v) is 3.46. The lowest BCUT2D eigenvalue weighted by molar-refractivity contribution is 0.0284. The number of aromatic nitrogens is 5. The number of halogens is 1. The largest absolute Gasteiger partial charge is 0.477 e. The van der Waals surface area contributed by atoms with Crippen LogP contribution in [0.15, 0.2) is 18.6 Å². The number of hydrogen-bond donors (Lipinski definition) is 4. The summed E-state index contributed by atoms with van der Waals surface area (Å²) in [5.41, 5.74) is 0.779. The lowest BCUT2D eigenvalue weighted by Crippen LogP contribution is -2.35. The number of carbonyl (C=O) groups excluding carboxylic acids is 1. The number of rotatable bonds is 5. The molecule has 0 spiro atoms. The van der Waals surface area contributed by atoms with Crippen molar-refractivity contribution in [1.82, 2.24) is 30.0 Å². The van der Waals surface area contributed by atoms with Crippen LogP contribution in [0.2, 0.25) is 5.02 Å². The molecule has 11 nitrogen and oxygen atoms in total. The molecule has 1 atom stereocenters. The molecule has 4 heterocycles. The number of likely N-dealkylation sites (tertiary alicyclic amines) is 1. The highest BCUT2D eigenvalue weighted by Crippen LogP contribution is 2.32. The van der Waals surface area contributed by atoms with Crippen molar-refractivity contribution < 1.29 is 19.4 Å². The van der Waals surface area contributed by atoms with Gasteiger partial charge in [0, 0.05) is 38.5 Å². The molecule has 174 valence electrons. The van der Waals surface area contributed by atoms with E-state index in [-0.39, 0.29) is 12.0 Å². The molecule has 3 aromatic rings. The van der Waals surface area contributed by atoms with Crippen LogP contribution in [0.4, 0.5) is 16.4 Å². The maximum absolute atomic E-state index is 12.3. The normalized spacial score (nSPS) is 15.9. The van der Waals surface area contributed by atoms with E-state index in [1.807, 2.05) is 20.8 Å². The van der Waals surface area contributed by atoms with Crippen LogP contribution >= 0.6 is 11.6 Å². The molecule has 3 aromatic heterocycles. The molecule has 1 aliphatic heterocycles. The number of nitrogens with zero attached hydrogens (tertiary/aromatic N) is 4. The van der Waals surface area contributed by atoms with Crippen molar-refractivity contribution in [3.8, 4) is 5.88 Å². The Balaban J connectivity index is 0.00000141. The number of aromatic amines is 2.